The maximum Gasteiger partial charge on any atom is 0.0991 e. The summed E-state index contributed by atoms with van der Waals surface area (Å²) in [6.45, 7) is 5.75. The van der Waals surface area contributed by atoms with E-state index in [0.29, 0.717) is 6.04 Å². The average Bonchev–Trinajstić information content (AvgIpc) is 2.33. The van der Waals surface area contributed by atoms with Gasteiger partial charge in [-0.1, -0.05) is 6.92 Å². The fourth-order valence-corrected chi connectivity index (χ4v) is 2.43. The van der Waals surface area contributed by atoms with Crippen molar-refractivity contribution in [3.8, 4) is 6.07 Å². The van der Waals surface area contributed by atoms with Gasteiger partial charge < -0.3 is 4.90 Å². The number of benzene rings is 1. The van der Waals surface area contributed by atoms with E-state index >= 15 is 0 Å². The van der Waals surface area contributed by atoms with Crippen LogP contribution in [0.3, 0.4) is 0 Å². The van der Waals surface area contributed by atoms with Crippen LogP contribution in [0.4, 0.5) is 5.69 Å². The molecule has 1 saturated heterocycles. The second kappa shape index (κ2) is 4.57. The molecule has 0 amide bonds. The largest absolute Gasteiger partial charge is 0.369 e. The van der Waals surface area contributed by atoms with Gasteiger partial charge in [0.15, 0.2) is 0 Å². The summed E-state index contributed by atoms with van der Waals surface area (Å²) in [6.07, 6.45) is 2.60. The van der Waals surface area contributed by atoms with E-state index < -0.39 is 0 Å². The van der Waals surface area contributed by atoms with Crippen LogP contribution in [0.5, 0.6) is 0 Å². The van der Waals surface area contributed by atoms with Crippen molar-refractivity contribution in [2.75, 3.05) is 11.4 Å². The summed E-state index contributed by atoms with van der Waals surface area (Å²) in [5.74, 6) is 0.754. The molecule has 1 aromatic carbocycles. The molecular formula is C14H18N2. The van der Waals surface area contributed by atoms with Crippen molar-refractivity contribution in [1.82, 2.24) is 0 Å². The molecule has 2 atom stereocenters. The number of nitriles is 1. The van der Waals surface area contributed by atoms with Crippen LogP contribution in [0.25, 0.3) is 0 Å². The Morgan fingerprint density at radius 1 is 1.25 bits per heavy atom. The summed E-state index contributed by atoms with van der Waals surface area (Å²) in [7, 11) is 0. The summed E-state index contributed by atoms with van der Waals surface area (Å²) < 4.78 is 0. The summed E-state index contributed by atoms with van der Waals surface area (Å²) in [5.41, 5.74) is 1.99. The Hall–Kier alpha value is -1.49. The summed E-state index contributed by atoms with van der Waals surface area (Å²) in [6, 6.07) is 10.7. The minimum atomic E-state index is 0.599. The van der Waals surface area contributed by atoms with Gasteiger partial charge in [-0.25, -0.2) is 0 Å². The Balaban J connectivity index is 2.19. The first kappa shape index (κ1) is 11.0. The smallest absolute Gasteiger partial charge is 0.0991 e. The first-order chi connectivity index (χ1) is 7.72. The van der Waals surface area contributed by atoms with Gasteiger partial charge in [0.1, 0.15) is 0 Å². The molecule has 1 aliphatic rings. The molecule has 1 aromatic rings. The van der Waals surface area contributed by atoms with Crippen LogP contribution in [0.1, 0.15) is 32.3 Å². The molecule has 0 spiro atoms. The number of piperidine rings is 1. The highest BCUT2D eigenvalue weighted by Gasteiger charge is 2.24. The molecule has 1 fully saturated rings. The Labute approximate surface area is 97.5 Å². The zero-order valence-electron chi connectivity index (χ0n) is 9.98. The van der Waals surface area contributed by atoms with Crippen molar-refractivity contribution in [3.63, 3.8) is 0 Å². The fraction of sp³-hybridized carbons (Fsp3) is 0.500. The van der Waals surface area contributed by atoms with Crippen LogP contribution in [0, 0.1) is 17.2 Å². The standard InChI is InChI=1S/C14H18N2/c1-11-4-3-9-16(12(11)2)14-7-5-13(10-15)6-8-14/h5-8,11-12H,3-4,9H2,1-2H3. The van der Waals surface area contributed by atoms with Gasteiger partial charge in [0.2, 0.25) is 0 Å². The van der Waals surface area contributed by atoms with Gasteiger partial charge in [0.05, 0.1) is 11.6 Å². The molecule has 0 radical (unpaired) electrons. The van der Waals surface area contributed by atoms with Crippen LogP contribution in [-0.2, 0) is 0 Å². The molecule has 2 heteroatoms. The summed E-state index contributed by atoms with van der Waals surface area (Å²) >= 11 is 0. The maximum atomic E-state index is 8.77. The molecule has 2 rings (SSSR count). The SMILES string of the molecule is CC1CCCN(c2ccc(C#N)cc2)C1C. The molecular weight excluding hydrogens is 196 g/mol. The van der Waals surface area contributed by atoms with E-state index in [4.69, 9.17) is 5.26 Å². The van der Waals surface area contributed by atoms with Gasteiger partial charge in [-0.15, -0.1) is 0 Å². The van der Waals surface area contributed by atoms with E-state index in [2.05, 4.69) is 36.9 Å². The Morgan fingerprint density at radius 2 is 1.94 bits per heavy atom. The fourth-order valence-electron chi connectivity index (χ4n) is 2.43. The molecule has 0 N–H and O–H groups in total. The van der Waals surface area contributed by atoms with Crippen molar-refractivity contribution in [2.24, 2.45) is 5.92 Å². The van der Waals surface area contributed by atoms with E-state index in [-0.39, 0.29) is 0 Å². The molecule has 2 unspecified atom stereocenters. The Morgan fingerprint density at radius 3 is 2.56 bits per heavy atom. The molecule has 1 aliphatic heterocycles. The third kappa shape index (κ3) is 2.04. The van der Waals surface area contributed by atoms with E-state index in [1.54, 1.807) is 0 Å². The molecule has 0 saturated carbocycles. The van der Waals surface area contributed by atoms with Crippen LogP contribution >= 0.6 is 0 Å². The quantitative estimate of drug-likeness (QED) is 0.718. The number of anilines is 1. The second-order valence-electron chi connectivity index (χ2n) is 4.71. The number of rotatable bonds is 1. The first-order valence-corrected chi connectivity index (χ1v) is 5.99. The van der Waals surface area contributed by atoms with Crippen LogP contribution < -0.4 is 4.90 Å². The minimum Gasteiger partial charge on any atom is -0.369 e. The lowest BCUT2D eigenvalue weighted by Crippen LogP contribution is -2.42. The monoisotopic (exact) mass is 214 g/mol. The highest BCUT2D eigenvalue weighted by Crippen LogP contribution is 2.28. The number of hydrogen-bond donors (Lipinski definition) is 0. The lowest BCUT2D eigenvalue weighted by atomic mass is 9.91. The zero-order chi connectivity index (χ0) is 11.5. The van der Waals surface area contributed by atoms with Crippen molar-refractivity contribution in [3.05, 3.63) is 29.8 Å². The third-order valence-corrected chi connectivity index (χ3v) is 3.70. The van der Waals surface area contributed by atoms with Gasteiger partial charge in [-0.2, -0.15) is 5.26 Å². The second-order valence-corrected chi connectivity index (χ2v) is 4.71. The van der Waals surface area contributed by atoms with Gasteiger partial charge in [0.25, 0.3) is 0 Å². The minimum absolute atomic E-state index is 0.599. The van der Waals surface area contributed by atoms with Crippen molar-refractivity contribution in [1.29, 1.82) is 5.26 Å². The molecule has 1 heterocycles. The van der Waals surface area contributed by atoms with Gasteiger partial charge in [-0.3, -0.25) is 0 Å². The highest BCUT2D eigenvalue weighted by molar-refractivity contribution is 5.50. The molecule has 0 aliphatic carbocycles. The van der Waals surface area contributed by atoms with Crippen LogP contribution in [-0.4, -0.2) is 12.6 Å². The van der Waals surface area contributed by atoms with Crippen LogP contribution in [0.2, 0.25) is 0 Å². The van der Waals surface area contributed by atoms with Crippen molar-refractivity contribution < 1.29 is 0 Å². The molecule has 0 aromatic heterocycles. The van der Waals surface area contributed by atoms with E-state index in [0.717, 1.165) is 18.0 Å². The molecule has 0 bridgehead atoms. The predicted octanol–water partition coefficient (Wildman–Crippen LogP) is 3.18. The average molecular weight is 214 g/mol. The molecule has 2 nitrogen and oxygen atoms in total. The van der Waals surface area contributed by atoms with Gasteiger partial charge in [-0.05, 0) is 49.9 Å². The van der Waals surface area contributed by atoms with Crippen molar-refractivity contribution >= 4 is 5.69 Å². The molecule has 16 heavy (non-hydrogen) atoms. The van der Waals surface area contributed by atoms with E-state index in [1.807, 2.05) is 12.1 Å². The lowest BCUT2D eigenvalue weighted by molar-refractivity contribution is 0.363. The normalized spacial score (nSPS) is 25.2. The third-order valence-electron chi connectivity index (χ3n) is 3.70. The Kier molecular flexibility index (Phi) is 3.14. The first-order valence-electron chi connectivity index (χ1n) is 5.99. The van der Waals surface area contributed by atoms with Crippen molar-refractivity contribution in [2.45, 2.75) is 32.7 Å². The van der Waals surface area contributed by atoms with Crippen LogP contribution in [0.15, 0.2) is 24.3 Å². The number of nitrogens with zero attached hydrogens (tertiary/aromatic N) is 2. The lowest BCUT2D eigenvalue weighted by Gasteiger charge is -2.39. The molecule has 84 valence electrons. The number of hydrogen-bond acceptors (Lipinski definition) is 2. The summed E-state index contributed by atoms with van der Waals surface area (Å²) in [5, 5.41) is 8.77. The van der Waals surface area contributed by atoms with Gasteiger partial charge in [0, 0.05) is 18.3 Å². The maximum absolute atomic E-state index is 8.77. The van der Waals surface area contributed by atoms with Gasteiger partial charge >= 0.3 is 0 Å². The van der Waals surface area contributed by atoms with E-state index in [1.165, 1.54) is 18.5 Å². The Bertz CT molecular complexity index is 388. The summed E-state index contributed by atoms with van der Waals surface area (Å²) in [4.78, 5) is 2.45. The van der Waals surface area contributed by atoms with E-state index in [9.17, 15) is 0 Å². The predicted molar refractivity (Wildman–Crippen MR) is 66.4 cm³/mol. The highest BCUT2D eigenvalue weighted by atomic mass is 15.2. The zero-order valence-corrected chi connectivity index (χ0v) is 9.98. The topological polar surface area (TPSA) is 27.0 Å².